The monoisotopic (exact) mass is 210 g/mol. The molecule has 3 heteroatoms. The van der Waals surface area contributed by atoms with Crippen molar-refractivity contribution in [3.63, 3.8) is 0 Å². The fourth-order valence-corrected chi connectivity index (χ4v) is 1.88. The third-order valence-corrected chi connectivity index (χ3v) is 2.96. The lowest BCUT2D eigenvalue weighted by atomic mass is 10.2. The normalized spacial score (nSPS) is 15.6. The Morgan fingerprint density at radius 2 is 2.36 bits per heavy atom. The Kier molecular flexibility index (Phi) is 2.92. The minimum atomic E-state index is 0.562. The van der Waals surface area contributed by atoms with E-state index in [0.717, 1.165) is 12.5 Å². The number of alkyl halides is 1. The van der Waals surface area contributed by atoms with Crippen LogP contribution in [0.25, 0.3) is 0 Å². The van der Waals surface area contributed by atoms with Gasteiger partial charge in [-0.05, 0) is 30.4 Å². The summed E-state index contributed by atoms with van der Waals surface area (Å²) in [5.41, 5.74) is 2.35. The van der Waals surface area contributed by atoms with Gasteiger partial charge in [0.25, 0.3) is 0 Å². The number of hydrogen-bond donors (Lipinski definition) is 0. The lowest BCUT2D eigenvalue weighted by molar-refractivity contribution is 0.783. The molecule has 1 aromatic rings. The Bertz CT molecular complexity index is 310. The van der Waals surface area contributed by atoms with Gasteiger partial charge in [0.2, 0.25) is 0 Å². The second-order valence-electron chi connectivity index (χ2n) is 3.96. The standard InChI is InChI=1S/C11H15ClN2/c1-14(8-9-2-3-9)11-7-13-5-4-10(11)6-12/h4-5,7,9H,2-3,6,8H2,1H3. The van der Waals surface area contributed by atoms with Gasteiger partial charge in [0, 0.05) is 25.7 Å². The van der Waals surface area contributed by atoms with Crippen molar-refractivity contribution in [1.82, 2.24) is 4.98 Å². The third-order valence-electron chi connectivity index (χ3n) is 2.67. The predicted molar refractivity (Wildman–Crippen MR) is 59.8 cm³/mol. The molecule has 1 fully saturated rings. The summed E-state index contributed by atoms with van der Waals surface area (Å²) in [7, 11) is 2.12. The maximum atomic E-state index is 5.87. The molecule has 0 aromatic carbocycles. The fourth-order valence-electron chi connectivity index (χ4n) is 1.66. The summed E-state index contributed by atoms with van der Waals surface area (Å²) in [6.45, 7) is 1.13. The first-order chi connectivity index (χ1) is 6.81. The van der Waals surface area contributed by atoms with Gasteiger partial charge in [-0.15, -0.1) is 11.6 Å². The van der Waals surface area contributed by atoms with Gasteiger partial charge in [0.05, 0.1) is 11.9 Å². The number of nitrogens with zero attached hydrogens (tertiary/aromatic N) is 2. The Labute approximate surface area is 89.9 Å². The molecule has 0 saturated heterocycles. The van der Waals surface area contributed by atoms with Crippen molar-refractivity contribution in [2.24, 2.45) is 5.92 Å². The highest BCUT2D eigenvalue weighted by Crippen LogP contribution is 2.31. The maximum Gasteiger partial charge on any atom is 0.0595 e. The van der Waals surface area contributed by atoms with Crippen LogP contribution in [0.5, 0.6) is 0 Å². The second kappa shape index (κ2) is 4.18. The summed E-state index contributed by atoms with van der Waals surface area (Å²) < 4.78 is 0. The Morgan fingerprint density at radius 3 is 3.00 bits per heavy atom. The van der Waals surface area contributed by atoms with E-state index in [1.807, 2.05) is 12.3 Å². The number of pyridine rings is 1. The molecule has 0 spiro atoms. The molecule has 2 nitrogen and oxygen atoms in total. The van der Waals surface area contributed by atoms with Gasteiger partial charge in [-0.25, -0.2) is 0 Å². The van der Waals surface area contributed by atoms with Crippen LogP contribution in [0.2, 0.25) is 0 Å². The summed E-state index contributed by atoms with van der Waals surface area (Å²) >= 11 is 5.87. The quantitative estimate of drug-likeness (QED) is 0.711. The Morgan fingerprint density at radius 1 is 1.57 bits per heavy atom. The molecule has 0 atom stereocenters. The summed E-state index contributed by atoms with van der Waals surface area (Å²) in [4.78, 5) is 6.41. The number of aromatic nitrogens is 1. The van der Waals surface area contributed by atoms with Gasteiger partial charge in [-0.2, -0.15) is 0 Å². The van der Waals surface area contributed by atoms with Crippen molar-refractivity contribution in [3.05, 3.63) is 24.0 Å². The molecule has 0 amide bonds. The highest BCUT2D eigenvalue weighted by molar-refractivity contribution is 6.17. The zero-order valence-corrected chi connectivity index (χ0v) is 9.17. The van der Waals surface area contributed by atoms with Crippen molar-refractivity contribution < 1.29 is 0 Å². The van der Waals surface area contributed by atoms with Crippen molar-refractivity contribution >= 4 is 17.3 Å². The van der Waals surface area contributed by atoms with E-state index in [9.17, 15) is 0 Å². The minimum absolute atomic E-state index is 0.562. The molecule has 0 N–H and O–H groups in total. The summed E-state index contributed by atoms with van der Waals surface area (Å²) in [6, 6.07) is 1.99. The molecule has 76 valence electrons. The molecule has 14 heavy (non-hydrogen) atoms. The molecule has 0 radical (unpaired) electrons. The van der Waals surface area contributed by atoms with Crippen LogP contribution in [0.1, 0.15) is 18.4 Å². The van der Waals surface area contributed by atoms with Gasteiger partial charge in [-0.1, -0.05) is 0 Å². The maximum absolute atomic E-state index is 5.87. The van der Waals surface area contributed by atoms with Gasteiger partial charge >= 0.3 is 0 Å². The largest absolute Gasteiger partial charge is 0.373 e. The van der Waals surface area contributed by atoms with E-state index in [2.05, 4.69) is 16.9 Å². The topological polar surface area (TPSA) is 16.1 Å². The SMILES string of the molecule is CN(CC1CC1)c1cnccc1CCl. The molecule has 0 unspecified atom stereocenters. The highest BCUT2D eigenvalue weighted by atomic mass is 35.5. The van der Waals surface area contributed by atoms with Crippen LogP contribution in [0, 0.1) is 5.92 Å². The average Bonchev–Trinajstić information content (AvgIpc) is 3.01. The lowest BCUT2D eigenvalue weighted by Gasteiger charge is -2.20. The molecule has 1 saturated carbocycles. The van der Waals surface area contributed by atoms with Crippen molar-refractivity contribution in [2.75, 3.05) is 18.5 Å². The first-order valence-corrected chi connectivity index (χ1v) is 5.54. The Hall–Kier alpha value is -0.760. The van der Waals surface area contributed by atoms with E-state index in [0.29, 0.717) is 5.88 Å². The first kappa shape index (κ1) is 9.78. The number of rotatable bonds is 4. The molecule has 1 aromatic heterocycles. The third kappa shape index (κ3) is 2.18. The van der Waals surface area contributed by atoms with Crippen LogP contribution in [0.3, 0.4) is 0 Å². The zero-order chi connectivity index (χ0) is 9.97. The van der Waals surface area contributed by atoms with Crippen molar-refractivity contribution in [1.29, 1.82) is 0 Å². The van der Waals surface area contributed by atoms with Crippen LogP contribution in [-0.2, 0) is 5.88 Å². The predicted octanol–water partition coefficient (Wildman–Crippen LogP) is 2.67. The molecular formula is C11H15ClN2. The van der Waals surface area contributed by atoms with E-state index < -0.39 is 0 Å². The smallest absolute Gasteiger partial charge is 0.0595 e. The van der Waals surface area contributed by atoms with Gasteiger partial charge in [0.15, 0.2) is 0 Å². The fraction of sp³-hybridized carbons (Fsp3) is 0.545. The van der Waals surface area contributed by atoms with Gasteiger partial charge in [0.1, 0.15) is 0 Å². The van der Waals surface area contributed by atoms with E-state index in [-0.39, 0.29) is 0 Å². The summed E-state index contributed by atoms with van der Waals surface area (Å²) in [5, 5.41) is 0. The van der Waals surface area contributed by atoms with E-state index in [4.69, 9.17) is 11.6 Å². The number of hydrogen-bond acceptors (Lipinski definition) is 2. The molecule has 1 aliphatic carbocycles. The molecule has 0 bridgehead atoms. The first-order valence-electron chi connectivity index (χ1n) is 5.01. The molecule has 0 aliphatic heterocycles. The van der Waals surface area contributed by atoms with Crippen molar-refractivity contribution in [3.8, 4) is 0 Å². The van der Waals surface area contributed by atoms with Gasteiger partial charge < -0.3 is 4.90 Å². The Balaban J connectivity index is 2.11. The molecule has 1 aliphatic rings. The van der Waals surface area contributed by atoms with E-state index in [1.54, 1.807) is 6.20 Å². The van der Waals surface area contributed by atoms with Gasteiger partial charge in [-0.3, -0.25) is 4.98 Å². The zero-order valence-electron chi connectivity index (χ0n) is 8.41. The molecule has 1 heterocycles. The molecular weight excluding hydrogens is 196 g/mol. The number of halogens is 1. The lowest BCUT2D eigenvalue weighted by Crippen LogP contribution is -2.21. The molecule has 2 rings (SSSR count). The average molecular weight is 211 g/mol. The van der Waals surface area contributed by atoms with Crippen LogP contribution in [0.4, 0.5) is 5.69 Å². The summed E-state index contributed by atoms with van der Waals surface area (Å²) in [5.74, 6) is 1.45. The van der Waals surface area contributed by atoms with Crippen LogP contribution in [0.15, 0.2) is 18.5 Å². The van der Waals surface area contributed by atoms with E-state index in [1.165, 1.54) is 24.1 Å². The summed E-state index contributed by atoms with van der Waals surface area (Å²) in [6.07, 6.45) is 6.45. The van der Waals surface area contributed by atoms with Crippen LogP contribution >= 0.6 is 11.6 Å². The van der Waals surface area contributed by atoms with Crippen LogP contribution < -0.4 is 4.90 Å². The highest BCUT2D eigenvalue weighted by Gasteiger charge is 2.23. The second-order valence-corrected chi connectivity index (χ2v) is 4.23. The van der Waals surface area contributed by atoms with E-state index >= 15 is 0 Å². The number of anilines is 1. The van der Waals surface area contributed by atoms with Crippen LogP contribution in [-0.4, -0.2) is 18.6 Å². The van der Waals surface area contributed by atoms with Crippen molar-refractivity contribution in [2.45, 2.75) is 18.7 Å². The minimum Gasteiger partial charge on any atom is -0.373 e.